The normalized spacial score (nSPS) is 11.9. The van der Waals surface area contributed by atoms with Gasteiger partial charge in [0.2, 0.25) is 6.29 Å². The van der Waals surface area contributed by atoms with Crippen molar-refractivity contribution in [3.8, 4) is 11.5 Å². The van der Waals surface area contributed by atoms with E-state index in [0.29, 0.717) is 0 Å². The van der Waals surface area contributed by atoms with Crippen LogP contribution in [-0.2, 0) is 0 Å². The van der Waals surface area contributed by atoms with Gasteiger partial charge in [-0.1, -0.05) is 19.8 Å². The Balaban J connectivity index is 2.06. The largest absolute Gasteiger partial charge is 0.455 e. The summed E-state index contributed by atoms with van der Waals surface area (Å²) in [4.78, 5) is 0. The lowest BCUT2D eigenvalue weighted by Gasteiger charge is -2.21. The fraction of sp³-hybridized carbons (Fsp3) is 0.368. The van der Waals surface area contributed by atoms with Crippen LogP contribution in [0.5, 0.6) is 11.5 Å². The average Bonchev–Trinajstić information content (AvgIpc) is 2.53. The molecular weight excluding hydrogens is 288 g/mol. The maximum absolute atomic E-state index is 6.02. The minimum atomic E-state index is -0.326. The van der Waals surface area contributed by atoms with E-state index in [-0.39, 0.29) is 6.29 Å². The Bertz CT molecular complexity index is 611. The van der Waals surface area contributed by atoms with Crippen molar-refractivity contribution in [2.24, 2.45) is 0 Å². The van der Waals surface area contributed by atoms with Crippen LogP contribution >= 0.6 is 0 Å². The van der Waals surface area contributed by atoms with Crippen molar-refractivity contribution in [1.29, 1.82) is 0 Å². The van der Waals surface area contributed by atoms with Crippen LogP contribution in [-0.4, -0.2) is 6.29 Å². The summed E-state index contributed by atoms with van der Waals surface area (Å²) in [6.45, 7) is 4.15. The van der Waals surface area contributed by atoms with E-state index in [9.17, 15) is 0 Å². The third-order valence-electron chi connectivity index (χ3n) is 3.70. The highest BCUT2D eigenvalue weighted by atomic mass is 16.7. The summed E-state index contributed by atoms with van der Waals surface area (Å²) in [7, 11) is 0. The number of unbranched alkanes of at least 4 members (excludes halogenated alkanes) is 2. The van der Waals surface area contributed by atoms with Crippen LogP contribution in [0.4, 0.5) is 11.4 Å². The highest BCUT2D eigenvalue weighted by Gasteiger charge is 2.13. The van der Waals surface area contributed by atoms with E-state index >= 15 is 0 Å². The molecule has 0 fully saturated rings. The highest BCUT2D eigenvalue weighted by Crippen LogP contribution is 2.23. The van der Waals surface area contributed by atoms with Crippen LogP contribution in [0.1, 0.15) is 38.2 Å². The Kier molecular flexibility index (Phi) is 6.15. The Morgan fingerprint density at radius 3 is 2.22 bits per heavy atom. The first-order valence-electron chi connectivity index (χ1n) is 8.13. The zero-order chi connectivity index (χ0) is 16.7. The third kappa shape index (κ3) is 5.40. The molecule has 2 aromatic rings. The number of aryl methyl sites for hydroxylation is 1. The molecule has 0 saturated carbocycles. The van der Waals surface area contributed by atoms with E-state index in [1.807, 2.05) is 49.4 Å². The SMILES string of the molecule is CCCCCC(Oc1ccc(N)cc1)Oc1ccc(N)c(C)c1. The smallest absolute Gasteiger partial charge is 0.241 e. The number of nitrogens with two attached hydrogens (primary N) is 2. The fourth-order valence-electron chi connectivity index (χ4n) is 2.27. The van der Waals surface area contributed by atoms with Crippen molar-refractivity contribution in [3.63, 3.8) is 0 Å². The molecule has 0 radical (unpaired) electrons. The predicted octanol–water partition coefficient (Wildman–Crippen LogP) is 4.52. The van der Waals surface area contributed by atoms with Crippen LogP contribution in [0.3, 0.4) is 0 Å². The fourth-order valence-corrected chi connectivity index (χ4v) is 2.27. The molecule has 23 heavy (non-hydrogen) atoms. The zero-order valence-corrected chi connectivity index (χ0v) is 13.9. The molecule has 2 aromatic carbocycles. The van der Waals surface area contributed by atoms with E-state index in [1.54, 1.807) is 0 Å². The first kappa shape index (κ1) is 17.0. The number of ether oxygens (including phenoxy) is 2. The molecule has 0 aliphatic carbocycles. The second-order valence-corrected chi connectivity index (χ2v) is 5.75. The number of hydrogen-bond acceptors (Lipinski definition) is 4. The third-order valence-corrected chi connectivity index (χ3v) is 3.70. The second kappa shape index (κ2) is 8.32. The van der Waals surface area contributed by atoms with Crippen LogP contribution in [0.15, 0.2) is 42.5 Å². The Morgan fingerprint density at radius 1 is 0.913 bits per heavy atom. The average molecular weight is 314 g/mol. The lowest BCUT2D eigenvalue weighted by atomic mass is 10.2. The van der Waals surface area contributed by atoms with E-state index in [2.05, 4.69) is 6.92 Å². The molecule has 0 amide bonds. The van der Waals surface area contributed by atoms with Crippen molar-refractivity contribution < 1.29 is 9.47 Å². The van der Waals surface area contributed by atoms with Gasteiger partial charge in [0.15, 0.2) is 0 Å². The number of rotatable bonds is 8. The number of hydrogen-bond donors (Lipinski definition) is 2. The van der Waals surface area contributed by atoms with Gasteiger partial charge in [-0.2, -0.15) is 0 Å². The van der Waals surface area contributed by atoms with Gasteiger partial charge in [0.25, 0.3) is 0 Å². The van der Waals surface area contributed by atoms with Crippen molar-refractivity contribution in [1.82, 2.24) is 0 Å². The predicted molar refractivity (Wildman–Crippen MR) is 95.6 cm³/mol. The molecule has 0 spiro atoms. The summed E-state index contributed by atoms with van der Waals surface area (Å²) >= 11 is 0. The number of benzene rings is 2. The zero-order valence-electron chi connectivity index (χ0n) is 13.9. The molecule has 4 heteroatoms. The standard InChI is InChI=1S/C19H26N2O2/c1-3-4-5-6-19(22-16-9-7-15(20)8-10-16)23-17-11-12-18(21)14(2)13-17/h7-13,19H,3-6,20-21H2,1-2H3. The van der Waals surface area contributed by atoms with Gasteiger partial charge in [0.1, 0.15) is 11.5 Å². The van der Waals surface area contributed by atoms with Crippen LogP contribution in [0, 0.1) is 6.92 Å². The summed E-state index contributed by atoms with van der Waals surface area (Å²) in [5.41, 5.74) is 14.1. The molecule has 1 unspecified atom stereocenters. The van der Waals surface area contributed by atoms with Crippen molar-refractivity contribution >= 4 is 11.4 Å². The van der Waals surface area contributed by atoms with Crippen molar-refractivity contribution in [2.75, 3.05) is 11.5 Å². The molecule has 0 heterocycles. The van der Waals surface area contributed by atoms with E-state index in [4.69, 9.17) is 20.9 Å². The molecule has 0 aliphatic heterocycles. The van der Waals surface area contributed by atoms with Gasteiger partial charge in [-0.25, -0.2) is 0 Å². The lowest BCUT2D eigenvalue weighted by Crippen LogP contribution is -2.24. The van der Waals surface area contributed by atoms with Gasteiger partial charge in [0, 0.05) is 17.8 Å². The topological polar surface area (TPSA) is 70.5 Å². The molecule has 0 bridgehead atoms. The molecular formula is C19H26N2O2. The molecule has 4 N–H and O–H groups in total. The number of nitrogen functional groups attached to an aromatic ring is 2. The first-order valence-corrected chi connectivity index (χ1v) is 8.13. The van der Waals surface area contributed by atoms with Gasteiger partial charge in [-0.3, -0.25) is 0 Å². The molecule has 0 aliphatic rings. The van der Waals surface area contributed by atoms with Crippen molar-refractivity contribution in [3.05, 3.63) is 48.0 Å². The van der Waals surface area contributed by atoms with Gasteiger partial charge < -0.3 is 20.9 Å². The summed E-state index contributed by atoms with van der Waals surface area (Å²) in [6, 6.07) is 13.0. The van der Waals surface area contributed by atoms with Crippen LogP contribution < -0.4 is 20.9 Å². The summed E-state index contributed by atoms with van der Waals surface area (Å²) in [5.74, 6) is 1.53. The summed E-state index contributed by atoms with van der Waals surface area (Å²) in [5, 5.41) is 0. The van der Waals surface area contributed by atoms with Crippen LogP contribution in [0.25, 0.3) is 0 Å². The molecule has 0 aromatic heterocycles. The molecule has 124 valence electrons. The monoisotopic (exact) mass is 314 g/mol. The van der Waals surface area contributed by atoms with E-state index in [1.165, 1.54) is 0 Å². The summed E-state index contributed by atoms with van der Waals surface area (Å²) in [6.07, 6.45) is 3.89. The Labute approximate surface area is 138 Å². The quantitative estimate of drug-likeness (QED) is 0.427. The molecule has 2 rings (SSSR count). The lowest BCUT2D eigenvalue weighted by molar-refractivity contribution is -0.00238. The Morgan fingerprint density at radius 2 is 1.57 bits per heavy atom. The number of anilines is 2. The van der Waals surface area contributed by atoms with Crippen LogP contribution in [0.2, 0.25) is 0 Å². The molecule has 0 saturated heterocycles. The van der Waals surface area contributed by atoms with Gasteiger partial charge >= 0.3 is 0 Å². The van der Waals surface area contributed by atoms with Gasteiger partial charge in [-0.05, 0) is 61.4 Å². The minimum Gasteiger partial charge on any atom is -0.455 e. The van der Waals surface area contributed by atoms with Gasteiger partial charge in [0.05, 0.1) is 0 Å². The minimum absolute atomic E-state index is 0.326. The highest BCUT2D eigenvalue weighted by molar-refractivity contribution is 5.49. The van der Waals surface area contributed by atoms with Gasteiger partial charge in [-0.15, -0.1) is 0 Å². The van der Waals surface area contributed by atoms with Crippen molar-refractivity contribution in [2.45, 2.75) is 45.8 Å². The van der Waals surface area contributed by atoms with E-state index < -0.39 is 0 Å². The summed E-state index contributed by atoms with van der Waals surface area (Å²) < 4.78 is 12.0. The molecule has 1 atom stereocenters. The second-order valence-electron chi connectivity index (χ2n) is 5.75. The van der Waals surface area contributed by atoms with E-state index in [0.717, 1.165) is 54.1 Å². The molecule has 4 nitrogen and oxygen atoms in total. The Hall–Kier alpha value is -2.36. The maximum atomic E-state index is 6.02. The maximum Gasteiger partial charge on any atom is 0.241 e. The first-order chi connectivity index (χ1) is 11.1.